The van der Waals surface area contributed by atoms with Gasteiger partial charge in [-0.2, -0.15) is 0 Å². The zero-order valence-corrected chi connectivity index (χ0v) is 18.8. The van der Waals surface area contributed by atoms with Gasteiger partial charge in [-0.3, -0.25) is 0 Å². The minimum Gasteiger partial charge on any atom is -0.488 e. The molecule has 4 rings (SSSR count). The molecule has 0 aliphatic carbocycles. The first kappa shape index (κ1) is 20.6. The zero-order chi connectivity index (χ0) is 21.3. The number of nitrogens with zero attached hydrogens (tertiary/aromatic N) is 1. The molecular formula is C23H16Br2FNO3. The largest absolute Gasteiger partial charge is 0.488 e. The van der Waals surface area contributed by atoms with Gasteiger partial charge in [0.1, 0.15) is 18.2 Å². The molecule has 3 aromatic carbocycles. The number of benzene rings is 3. The molecule has 0 radical (unpaired) electrons. The molecule has 0 atom stereocenters. The molecule has 4 aromatic rings. The topological polar surface area (TPSA) is 51.5 Å². The Morgan fingerprint density at radius 3 is 2.53 bits per heavy atom. The highest BCUT2D eigenvalue weighted by molar-refractivity contribution is 9.10. The number of carboxylic acid groups (broad SMARTS) is 1. The van der Waals surface area contributed by atoms with Crippen LogP contribution in [0.15, 0.2) is 75.8 Å². The van der Waals surface area contributed by atoms with Crippen LogP contribution in [0.5, 0.6) is 5.75 Å². The minimum absolute atomic E-state index is 0.101. The molecule has 0 fully saturated rings. The number of aromatic carboxylic acids is 1. The van der Waals surface area contributed by atoms with E-state index in [1.165, 1.54) is 6.07 Å². The maximum Gasteiger partial charge on any atom is 0.336 e. The predicted molar refractivity (Wildman–Crippen MR) is 121 cm³/mol. The molecule has 0 spiro atoms. The Bertz CT molecular complexity index is 1250. The molecule has 1 aromatic heterocycles. The van der Waals surface area contributed by atoms with Crippen LogP contribution >= 0.6 is 31.9 Å². The van der Waals surface area contributed by atoms with E-state index in [-0.39, 0.29) is 18.0 Å². The molecule has 0 aliphatic rings. The van der Waals surface area contributed by atoms with Crippen LogP contribution in [0.2, 0.25) is 0 Å². The van der Waals surface area contributed by atoms with Crippen LogP contribution in [0, 0.1) is 5.82 Å². The Morgan fingerprint density at radius 2 is 1.77 bits per heavy atom. The Kier molecular flexibility index (Phi) is 5.92. The van der Waals surface area contributed by atoms with Crippen LogP contribution in [0.25, 0.3) is 10.9 Å². The second-order valence-electron chi connectivity index (χ2n) is 6.76. The summed E-state index contributed by atoms with van der Waals surface area (Å²) in [6.07, 6.45) is 1.86. The summed E-state index contributed by atoms with van der Waals surface area (Å²) in [4.78, 5) is 11.5. The lowest BCUT2D eigenvalue weighted by molar-refractivity contribution is 0.0699. The van der Waals surface area contributed by atoms with Crippen LogP contribution in [0.1, 0.15) is 21.5 Å². The molecule has 0 bridgehead atoms. The zero-order valence-electron chi connectivity index (χ0n) is 15.6. The van der Waals surface area contributed by atoms with Gasteiger partial charge >= 0.3 is 5.97 Å². The van der Waals surface area contributed by atoms with Crippen LogP contribution in [-0.2, 0) is 13.2 Å². The third-order valence-electron chi connectivity index (χ3n) is 4.81. The van der Waals surface area contributed by atoms with Crippen molar-refractivity contribution < 1.29 is 19.0 Å². The highest BCUT2D eigenvalue weighted by atomic mass is 79.9. The van der Waals surface area contributed by atoms with Crippen molar-refractivity contribution in [1.82, 2.24) is 4.57 Å². The van der Waals surface area contributed by atoms with Crippen molar-refractivity contribution in [2.24, 2.45) is 0 Å². The molecule has 0 amide bonds. The van der Waals surface area contributed by atoms with Gasteiger partial charge in [0.25, 0.3) is 0 Å². The van der Waals surface area contributed by atoms with Gasteiger partial charge < -0.3 is 14.4 Å². The van der Waals surface area contributed by atoms with Crippen molar-refractivity contribution in [2.45, 2.75) is 13.2 Å². The van der Waals surface area contributed by atoms with E-state index in [1.807, 2.05) is 35.0 Å². The number of ether oxygens (including phenoxy) is 1. The summed E-state index contributed by atoms with van der Waals surface area (Å²) < 4.78 is 23.6. The van der Waals surface area contributed by atoms with E-state index >= 15 is 0 Å². The van der Waals surface area contributed by atoms with E-state index in [0.717, 1.165) is 15.6 Å². The summed E-state index contributed by atoms with van der Waals surface area (Å²) in [5, 5.41) is 10.1. The van der Waals surface area contributed by atoms with Gasteiger partial charge in [0.05, 0.1) is 12.1 Å². The van der Waals surface area contributed by atoms with Crippen molar-refractivity contribution in [3.05, 3.63) is 98.3 Å². The second kappa shape index (κ2) is 8.62. The molecule has 30 heavy (non-hydrogen) atoms. The number of halogens is 3. The summed E-state index contributed by atoms with van der Waals surface area (Å²) >= 11 is 6.74. The number of hydrogen-bond acceptors (Lipinski definition) is 2. The van der Waals surface area contributed by atoms with Gasteiger partial charge in [-0.1, -0.05) is 44.0 Å². The number of rotatable bonds is 6. The molecule has 4 nitrogen and oxygen atoms in total. The Hall–Kier alpha value is -2.64. The fourth-order valence-corrected chi connectivity index (χ4v) is 4.08. The fraction of sp³-hybridized carbons (Fsp3) is 0.0870. The van der Waals surface area contributed by atoms with Gasteiger partial charge in [0.15, 0.2) is 0 Å². The van der Waals surface area contributed by atoms with Crippen LogP contribution in [-0.4, -0.2) is 15.6 Å². The molecule has 0 saturated carbocycles. The van der Waals surface area contributed by atoms with Crippen LogP contribution < -0.4 is 4.74 Å². The quantitative estimate of drug-likeness (QED) is 0.303. The van der Waals surface area contributed by atoms with Gasteiger partial charge in [0, 0.05) is 37.2 Å². The standard InChI is InChI=1S/C23H16Br2FNO3/c24-16-6-7-22(30-13-14-4-5-17(25)11-20(14)26)15(10-16)12-27-9-8-18-19(23(28)29)2-1-3-21(18)27/h1-11H,12-13H2,(H,28,29). The van der Waals surface area contributed by atoms with E-state index in [2.05, 4.69) is 31.9 Å². The Balaban J connectivity index is 1.64. The number of carboxylic acids is 1. The highest BCUT2D eigenvalue weighted by Crippen LogP contribution is 2.28. The van der Waals surface area contributed by atoms with Crippen molar-refractivity contribution in [1.29, 1.82) is 0 Å². The van der Waals surface area contributed by atoms with Crippen LogP contribution in [0.4, 0.5) is 4.39 Å². The molecule has 1 heterocycles. The summed E-state index contributed by atoms with van der Waals surface area (Å²) in [6, 6.07) is 17.5. The smallest absolute Gasteiger partial charge is 0.336 e. The lowest BCUT2D eigenvalue weighted by Gasteiger charge is -2.14. The van der Waals surface area contributed by atoms with Gasteiger partial charge in [-0.15, -0.1) is 0 Å². The molecular weight excluding hydrogens is 517 g/mol. The monoisotopic (exact) mass is 531 g/mol. The minimum atomic E-state index is -0.957. The van der Waals surface area contributed by atoms with Gasteiger partial charge in [-0.05, 0) is 48.5 Å². The van der Waals surface area contributed by atoms with E-state index in [0.29, 0.717) is 27.7 Å². The van der Waals surface area contributed by atoms with Gasteiger partial charge in [0.2, 0.25) is 0 Å². The first-order valence-corrected chi connectivity index (χ1v) is 10.7. The molecule has 1 N–H and O–H groups in total. The summed E-state index contributed by atoms with van der Waals surface area (Å²) in [5.74, 6) is -0.654. The van der Waals surface area contributed by atoms with E-state index in [9.17, 15) is 14.3 Å². The van der Waals surface area contributed by atoms with Crippen LogP contribution in [0.3, 0.4) is 0 Å². The molecule has 0 aliphatic heterocycles. The Morgan fingerprint density at radius 1 is 1.00 bits per heavy atom. The highest BCUT2D eigenvalue weighted by Gasteiger charge is 2.13. The molecule has 152 valence electrons. The molecule has 7 heteroatoms. The summed E-state index contributed by atoms with van der Waals surface area (Å²) in [6.45, 7) is 0.577. The third kappa shape index (κ3) is 4.27. The number of hydrogen-bond donors (Lipinski definition) is 1. The first-order valence-electron chi connectivity index (χ1n) is 9.08. The lowest BCUT2D eigenvalue weighted by Crippen LogP contribution is -2.04. The average molecular weight is 533 g/mol. The van der Waals surface area contributed by atoms with Crippen molar-refractivity contribution >= 4 is 48.7 Å². The first-order chi connectivity index (χ1) is 14.4. The van der Waals surface area contributed by atoms with Gasteiger partial charge in [-0.25, -0.2) is 9.18 Å². The normalized spacial score (nSPS) is 11.0. The van der Waals surface area contributed by atoms with Crippen molar-refractivity contribution in [3.8, 4) is 5.75 Å². The molecule has 0 saturated heterocycles. The SMILES string of the molecule is O=C(O)c1cccc2c1ccn2Cc1cc(Br)ccc1OCc1ccc(Br)cc1F. The maximum absolute atomic E-state index is 14.1. The van der Waals surface area contributed by atoms with Crippen molar-refractivity contribution in [3.63, 3.8) is 0 Å². The Labute approximate surface area is 189 Å². The summed E-state index contributed by atoms with van der Waals surface area (Å²) in [5.41, 5.74) is 2.44. The number of fused-ring (bicyclic) bond motifs is 1. The lowest BCUT2D eigenvalue weighted by atomic mass is 10.1. The summed E-state index contributed by atoms with van der Waals surface area (Å²) in [7, 11) is 0. The third-order valence-corrected chi connectivity index (χ3v) is 5.79. The van der Waals surface area contributed by atoms with Crippen molar-refractivity contribution in [2.75, 3.05) is 0 Å². The second-order valence-corrected chi connectivity index (χ2v) is 8.59. The average Bonchev–Trinajstić information content (AvgIpc) is 3.11. The van der Waals surface area contributed by atoms with E-state index < -0.39 is 5.97 Å². The maximum atomic E-state index is 14.1. The molecule has 0 unspecified atom stereocenters. The van der Waals surface area contributed by atoms with E-state index in [1.54, 1.807) is 30.3 Å². The number of carbonyl (C=O) groups is 1. The predicted octanol–water partition coefficient (Wildman–Crippen LogP) is 6.63. The number of aromatic nitrogens is 1. The fourth-order valence-electron chi connectivity index (χ4n) is 3.34. The van der Waals surface area contributed by atoms with E-state index in [4.69, 9.17) is 4.74 Å².